The summed E-state index contributed by atoms with van der Waals surface area (Å²) in [7, 11) is 1.42. The van der Waals surface area contributed by atoms with Crippen molar-refractivity contribution < 1.29 is 19.7 Å². The lowest BCUT2D eigenvalue weighted by molar-refractivity contribution is 0.0947. The van der Waals surface area contributed by atoms with Crippen LogP contribution in [0.25, 0.3) is 0 Å². The summed E-state index contributed by atoms with van der Waals surface area (Å²) in [6.07, 6.45) is 0. The number of nitrogens with one attached hydrogen (secondary N) is 1. The zero-order valence-electron chi connectivity index (χ0n) is 11.0. The quantitative estimate of drug-likeness (QED) is 0.796. The van der Waals surface area contributed by atoms with Gasteiger partial charge in [-0.2, -0.15) is 0 Å². The molecule has 0 heterocycles. The molecule has 3 N–H and O–H groups in total. The highest BCUT2D eigenvalue weighted by molar-refractivity contribution is 5.97. The highest BCUT2D eigenvalue weighted by Gasteiger charge is 2.14. The zero-order valence-corrected chi connectivity index (χ0v) is 11.0. The number of hydrogen-bond donors (Lipinski definition) is 3. The Morgan fingerprint density at radius 3 is 2.60 bits per heavy atom. The first-order chi connectivity index (χ1) is 9.63. The third kappa shape index (κ3) is 2.83. The number of carbonyl (C=O) groups is 1. The van der Waals surface area contributed by atoms with Crippen molar-refractivity contribution in [3.8, 4) is 17.2 Å². The van der Waals surface area contributed by atoms with E-state index in [-0.39, 0.29) is 29.4 Å². The van der Waals surface area contributed by atoms with Crippen molar-refractivity contribution in [1.29, 1.82) is 0 Å². The van der Waals surface area contributed by atoms with E-state index in [9.17, 15) is 15.0 Å². The summed E-state index contributed by atoms with van der Waals surface area (Å²) < 4.78 is 4.95. The highest BCUT2D eigenvalue weighted by Crippen LogP contribution is 2.29. The van der Waals surface area contributed by atoms with Gasteiger partial charge in [0.1, 0.15) is 5.75 Å². The van der Waals surface area contributed by atoms with Crippen LogP contribution < -0.4 is 10.1 Å². The predicted molar refractivity (Wildman–Crippen MR) is 73.9 cm³/mol. The SMILES string of the molecule is COc1cccc(C(=O)NCc2ccccc2O)c1O. The highest BCUT2D eigenvalue weighted by atomic mass is 16.5. The van der Waals surface area contributed by atoms with Crippen LogP contribution in [-0.2, 0) is 6.54 Å². The average Bonchev–Trinajstić information content (AvgIpc) is 2.46. The lowest BCUT2D eigenvalue weighted by Crippen LogP contribution is -2.23. The second kappa shape index (κ2) is 5.97. The molecule has 0 fully saturated rings. The summed E-state index contributed by atoms with van der Waals surface area (Å²) in [6.45, 7) is 0.169. The van der Waals surface area contributed by atoms with Crippen molar-refractivity contribution in [1.82, 2.24) is 5.32 Å². The number of carbonyl (C=O) groups excluding carboxylic acids is 1. The summed E-state index contributed by atoms with van der Waals surface area (Å²) in [6, 6.07) is 11.4. The smallest absolute Gasteiger partial charge is 0.255 e. The van der Waals surface area contributed by atoms with Crippen molar-refractivity contribution in [3.05, 3.63) is 53.6 Å². The summed E-state index contributed by atoms with van der Waals surface area (Å²) in [4.78, 5) is 12.0. The average molecular weight is 273 g/mol. The lowest BCUT2D eigenvalue weighted by atomic mass is 10.1. The van der Waals surface area contributed by atoms with Crippen molar-refractivity contribution in [3.63, 3.8) is 0 Å². The normalized spacial score (nSPS) is 10.1. The van der Waals surface area contributed by atoms with Gasteiger partial charge in [-0.25, -0.2) is 0 Å². The Morgan fingerprint density at radius 1 is 1.15 bits per heavy atom. The van der Waals surface area contributed by atoms with E-state index in [1.54, 1.807) is 36.4 Å². The lowest BCUT2D eigenvalue weighted by Gasteiger charge is -2.10. The molecule has 0 aliphatic heterocycles. The molecule has 0 aliphatic rings. The summed E-state index contributed by atoms with van der Waals surface area (Å²) in [5.41, 5.74) is 0.725. The van der Waals surface area contributed by atoms with E-state index < -0.39 is 5.91 Å². The maximum Gasteiger partial charge on any atom is 0.255 e. The first-order valence-electron chi connectivity index (χ1n) is 6.04. The molecule has 0 saturated heterocycles. The van der Waals surface area contributed by atoms with Crippen molar-refractivity contribution in [2.45, 2.75) is 6.54 Å². The van der Waals surface area contributed by atoms with Crippen molar-refractivity contribution in [2.24, 2.45) is 0 Å². The fraction of sp³-hybridized carbons (Fsp3) is 0.133. The van der Waals surface area contributed by atoms with Crippen LogP contribution in [0.15, 0.2) is 42.5 Å². The molecule has 2 aromatic carbocycles. The van der Waals surface area contributed by atoms with Gasteiger partial charge in [0.05, 0.1) is 12.7 Å². The van der Waals surface area contributed by atoms with Gasteiger partial charge in [-0.05, 0) is 18.2 Å². The van der Waals surface area contributed by atoms with Crippen LogP contribution in [0.1, 0.15) is 15.9 Å². The van der Waals surface area contributed by atoms with E-state index in [0.717, 1.165) is 0 Å². The number of amides is 1. The molecule has 2 rings (SSSR count). The number of para-hydroxylation sites is 2. The van der Waals surface area contributed by atoms with E-state index in [4.69, 9.17) is 4.74 Å². The first-order valence-corrected chi connectivity index (χ1v) is 6.04. The molecule has 5 heteroatoms. The second-order valence-corrected chi connectivity index (χ2v) is 4.17. The van der Waals surface area contributed by atoms with Crippen LogP contribution in [-0.4, -0.2) is 23.2 Å². The van der Waals surface area contributed by atoms with Gasteiger partial charge >= 0.3 is 0 Å². The Balaban J connectivity index is 2.12. The van der Waals surface area contributed by atoms with Gasteiger partial charge in [0.2, 0.25) is 0 Å². The van der Waals surface area contributed by atoms with Gasteiger partial charge in [-0.15, -0.1) is 0 Å². The third-order valence-electron chi connectivity index (χ3n) is 2.89. The Kier molecular flexibility index (Phi) is 4.10. The summed E-state index contributed by atoms with van der Waals surface area (Å²) in [5.74, 6) is -0.294. The maximum absolute atomic E-state index is 12.0. The standard InChI is InChI=1S/C15H15NO4/c1-20-13-8-4-6-11(14(13)18)15(19)16-9-10-5-2-3-7-12(10)17/h2-8,17-18H,9H2,1H3,(H,16,19). The Morgan fingerprint density at radius 2 is 1.90 bits per heavy atom. The van der Waals surface area contributed by atoms with Crippen LogP contribution >= 0.6 is 0 Å². The number of hydrogen-bond acceptors (Lipinski definition) is 4. The van der Waals surface area contributed by atoms with Crippen LogP contribution in [0.5, 0.6) is 17.2 Å². The summed E-state index contributed by atoms with van der Waals surface area (Å²) in [5, 5.41) is 22.1. The zero-order chi connectivity index (χ0) is 14.5. The molecule has 0 unspecified atom stereocenters. The maximum atomic E-state index is 12.0. The molecule has 1 amide bonds. The number of aromatic hydroxyl groups is 2. The molecule has 2 aromatic rings. The van der Waals surface area contributed by atoms with E-state index >= 15 is 0 Å². The molecule has 104 valence electrons. The molecule has 0 spiro atoms. The molecule has 5 nitrogen and oxygen atoms in total. The van der Waals surface area contributed by atoms with Crippen molar-refractivity contribution in [2.75, 3.05) is 7.11 Å². The Hall–Kier alpha value is -2.69. The largest absolute Gasteiger partial charge is 0.508 e. The molecule has 0 aliphatic carbocycles. The van der Waals surface area contributed by atoms with Crippen LogP contribution in [0, 0.1) is 0 Å². The molecule has 0 aromatic heterocycles. The Labute approximate surface area is 116 Å². The number of benzene rings is 2. The number of phenolic OH excluding ortho intramolecular Hbond substituents is 2. The Bertz CT molecular complexity index is 625. The molecule has 20 heavy (non-hydrogen) atoms. The summed E-state index contributed by atoms with van der Waals surface area (Å²) >= 11 is 0. The molecular formula is C15H15NO4. The number of methoxy groups -OCH3 is 1. The van der Waals surface area contributed by atoms with Crippen LogP contribution in [0.2, 0.25) is 0 Å². The van der Waals surface area contributed by atoms with Gasteiger partial charge in [0.25, 0.3) is 5.91 Å². The molecular weight excluding hydrogens is 258 g/mol. The second-order valence-electron chi connectivity index (χ2n) is 4.17. The van der Waals surface area contributed by atoms with Gasteiger partial charge in [-0.1, -0.05) is 24.3 Å². The first kappa shape index (κ1) is 13.7. The predicted octanol–water partition coefficient (Wildman–Crippen LogP) is 2.04. The number of ether oxygens (including phenoxy) is 1. The molecule has 0 saturated carbocycles. The van der Waals surface area contributed by atoms with Crippen LogP contribution in [0.4, 0.5) is 0 Å². The molecule has 0 radical (unpaired) electrons. The fourth-order valence-electron chi connectivity index (χ4n) is 1.80. The van der Waals surface area contributed by atoms with Gasteiger partial charge in [0, 0.05) is 12.1 Å². The van der Waals surface area contributed by atoms with E-state index in [1.165, 1.54) is 13.2 Å². The number of phenols is 2. The molecule has 0 atom stereocenters. The van der Waals surface area contributed by atoms with Gasteiger partial charge < -0.3 is 20.3 Å². The minimum atomic E-state index is -0.440. The van der Waals surface area contributed by atoms with E-state index in [1.807, 2.05) is 0 Å². The molecule has 0 bridgehead atoms. The minimum Gasteiger partial charge on any atom is -0.508 e. The van der Waals surface area contributed by atoms with Gasteiger partial charge in [0.15, 0.2) is 11.5 Å². The fourth-order valence-corrected chi connectivity index (χ4v) is 1.80. The minimum absolute atomic E-state index is 0.114. The van der Waals surface area contributed by atoms with E-state index in [2.05, 4.69) is 5.32 Å². The topological polar surface area (TPSA) is 78.8 Å². The third-order valence-corrected chi connectivity index (χ3v) is 2.89. The van der Waals surface area contributed by atoms with Gasteiger partial charge in [-0.3, -0.25) is 4.79 Å². The van der Waals surface area contributed by atoms with Crippen LogP contribution in [0.3, 0.4) is 0 Å². The monoisotopic (exact) mass is 273 g/mol. The van der Waals surface area contributed by atoms with Crippen molar-refractivity contribution >= 4 is 5.91 Å². The van der Waals surface area contributed by atoms with E-state index in [0.29, 0.717) is 5.56 Å². The number of rotatable bonds is 4.